The average molecular weight is 308 g/mol. The Bertz CT molecular complexity index is 638. The summed E-state index contributed by atoms with van der Waals surface area (Å²) in [6.45, 7) is 4.68. The van der Waals surface area contributed by atoms with Crippen LogP contribution in [0, 0.1) is 0 Å². The smallest absolute Gasteiger partial charge is 0.339 e. The minimum Gasteiger partial charge on any atom is -0.465 e. The van der Waals surface area contributed by atoms with Gasteiger partial charge in [-0.05, 0) is 32.0 Å². The summed E-state index contributed by atoms with van der Waals surface area (Å²) < 4.78 is 6.65. The zero-order chi connectivity index (χ0) is 15.4. The Kier molecular flexibility index (Phi) is 4.85. The number of rotatable bonds is 5. The number of nitrogens with one attached hydrogen (secondary N) is 1. The summed E-state index contributed by atoms with van der Waals surface area (Å²) >= 11 is 5.98. The molecule has 0 atom stereocenters. The molecular weight excluding hydrogens is 290 g/mol. The van der Waals surface area contributed by atoms with Crippen LogP contribution in [0.2, 0.25) is 5.02 Å². The maximum absolute atomic E-state index is 11.7. The number of carbonyl (C=O) groups is 1. The van der Waals surface area contributed by atoms with Crippen molar-refractivity contribution >= 4 is 23.3 Å². The van der Waals surface area contributed by atoms with Crippen LogP contribution in [0.4, 0.5) is 5.69 Å². The predicted octanol–water partition coefficient (Wildman–Crippen LogP) is 3.52. The van der Waals surface area contributed by atoms with Crippen LogP contribution < -0.4 is 5.32 Å². The summed E-state index contributed by atoms with van der Waals surface area (Å²) in [5.41, 5.74) is 2.13. The number of hydrogen-bond acceptors (Lipinski definition) is 4. The number of hydrogen-bond donors (Lipinski definition) is 1. The number of ether oxygens (including phenoxy) is 1. The summed E-state index contributed by atoms with van der Waals surface area (Å²) in [6.07, 6.45) is 3.77. The average Bonchev–Trinajstić information content (AvgIpc) is 2.93. The Morgan fingerprint density at radius 2 is 2.24 bits per heavy atom. The van der Waals surface area contributed by atoms with Gasteiger partial charge in [0.1, 0.15) is 0 Å². The fourth-order valence-corrected chi connectivity index (χ4v) is 2.07. The summed E-state index contributed by atoms with van der Waals surface area (Å²) in [7, 11) is 1.35. The number of esters is 1. The second-order valence-corrected chi connectivity index (χ2v) is 5.39. The zero-order valence-corrected chi connectivity index (χ0v) is 13.0. The van der Waals surface area contributed by atoms with Crippen molar-refractivity contribution in [2.45, 2.75) is 26.4 Å². The largest absolute Gasteiger partial charge is 0.465 e. The molecule has 5 nitrogen and oxygen atoms in total. The van der Waals surface area contributed by atoms with Crippen LogP contribution in [0.15, 0.2) is 30.6 Å². The van der Waals surface area contributed by atoms with E-state index in [1.165, 1.54) is 7.11 Å². The molecule has 0 aliphatic carbocycles. The van der Waals surface area contributed by atoms with Crippen molar-refractivity contribution in [2.24, 2.45) is 0 Å². The van der Waals surface area contributed by atoms with Crippen LogP contribution in [-0.2, 0) is 11.3 Å². The number of nitrogens with zero attached hydrogens (tertiary/aromatic N) is 2. The van der Waals surface area contributed by atoms with E-state index in [2.05, 4.69) is 24.3 Å². The summed E-state index contributed by atoms with van der Waals surface area (Å²) in [5, 5.41) is 8.04. The summed E-state index contributed by atoms with van der Waals surface area (Å²) in [6, 6.07) is 5.33. The highest BCUT2D eigenvalue weighted by atomic mass is 35.5. The lowest BCUT2D eigenvalue weighted by molar-refractivity contribution is 0.0602. The lowest BCUT2D eigenvalue weighted by Gasteiger charge is -2.10. The van der Waals surface area contributed by atoms with E-state index in [1.807, 2.05) is 10.9 Å². The molecule has 1 aromatic carbocycles. The minimum atomic E-state index is -0.396. The van der Waals surface area contributed by atoms with E-state index in [1.54, 1.807) is 24.4 Å². The Hall–Kier alpha value is -2.01. The molecule has 1 heterocycles. The standard InChI is InChI=1S/C15H18ClN3O2/c1-10(2)19-9-11(8-18-19)7-17-14-6-12(16)4-5-13(14)15(20)21-3/h4-6,8-10,17H,7H2,1-3H3. The molecule has 0 fully saturated rings. The molecule has 21 heavy (non-hydrogen) atoms. The Morgan fingerprint density at radius 1 is 1.48 bits per heavy atom. The maximum atomic E-state index is 11.7. The van der Waals surface area contributed by atoms with Crippen LogP contribution >= 0.6 is 11.6 Å². The van der Waals surface area contributed by atoms with Gasteiger partial charge < -0.3 is 10.1 Å². The normalized spacial score (nSPS) is 10.7. The summed E-state index contributed by atoms with van der Waals surface area (Å²) in [5.74, 6) is -0.396. The van der Waals surface area contributed by atoms with Crippen molar-refractivity contribution in [1.29, 1.82) is 0 Å². The molecule has 0 bridgehead atoms. The summed E-state index contributed by atoms with van der Waals surface area (Å²) in [4.78, 5) is 11.7. The lowest BCUT2D eigenvalue weighted by atomic mass is 10.1. The van der Waals surface area contributed by atoms with E-state index in [-0.39, 0.29) is 0 Å². The van der Waals surface area contributed by atoms with Gasteiger partial charge in [0, 0.05) is 29.4 Å². The molecule has 0 radical (unpaired) electrons. The van der Waals surface area contributed by atoms with Gasteiger partial charge in [0.05, 0.1) is 24.6 Å². The molecule has 0 saturated carbocycles. The molecule has 1 N–H and O–H groups in total. The first-order valence-corrected chi connectivity index (χ1v) is 7.04. The van der Waals surface area contributed by atoms with Gasteiger partial charge in [0.2, 0.25) is 0 Å². The van der Waals surface area contributed by atoms with E-state index in [0.29, 0.717) is 28.9 Å². The van der Waals surface area contributed by atoms with Gasteiger partial charge in [-0.1, -0.05) is 11.6 Å². The third-order valence-electron chi connectivity index (χ3n) is 3.05. The molecule has 0 amide bonds. The van der Waals surface area contributed by atoms with Crippen LogP contribution in [-0.4, -0.2) is 22.9 Å². The van der Waals surface area contributed by atoms with Crippen molar-refractivity contribution in [2.75, 3.05) is 12.4 Å². The zero-order valence-electron chi connectivity index (χ0n) is 12.3. The quantitative estimate of drug-likeness (QED) is 0.859. The second kappa shape index (κ2) is 6.63. The van der Waals surface area contributed by atoms with Gasteiger partial charge >= 0.3 is 5.97 Å². The van der Waals surface area contributed by atoms with Gasteiger partial charge in [-0.25, -0.2) is 4.79 Å². The Labute approximate surface area is 128 Å². The van der Waals surface area contributed by atoms with Crippen LogP contribution in [0.5, 0.6) is 0 Å². The molecule has 0 unspecified atom stereocenters. The van der Waals surface area contributed by atoms with E-state index < -0.39 is 5.97 Å². The molecular formula is C15H18ClN3O2. The van der Waals surface area contributed by atoms with Gasteiger partial charge in [0.25, 0.3) is 0 Å². The molecule has 2 rings (SSSR count). The number of aromatic nitrogens is 2. The maximum Gasteiger partial charge on any atom is 0.339 e. The first-order chi connectivity index (χ1) is 10.0. The SMILES string of the molecule is COC(=O)c1ccc(Cl)cc1NCc1cnn(C(C)C)c1. The molecule has 112 valence electrons. The number of anilines is 1. The van der Waals surface area contributed by atoms with E-state index in [4.69, 9.17) is 16.3 Å². The van der Waals surface area contributed by atoms with E-state index in [9.17, 15) is 4.79 Å². The third-order valence-corrected chi connectivity index (χ3v) is 3.29. The number of halogens is 1. The second-order valence-electron chi connectivity index (χ2n) is 4.96. The molecule has 0 aliphatic rings. The monoisotopic (exact) mass is 307 g/mol. The van der Waals surface area contributed by atoms with E-state index >= 15 is 0 Å². The van der Waals surface area contributed by atoms with Gasteiger partial charge in [-0.15, -0.1) is 0 Å². The van der Waals surface area contributed by atoms with Crippen LogP contribution in [0.3, 0.4) is 0 Å². The van der Waals surface area contributed by atoms with Crippen molar-refractivity contribution in [1.82, 2.24) is 9.78 Å². The van der Waals surface area contributed by atoms with Crippen molar-refractivity contribution in [3.05, 3.63) is 46.7 Å². The molecule has 6 heteroatoms. The fourth-order valence-electron chi connectivity index (χ4n) is 1.90. The first kappa shape index (κ1) is 15.4. The van der Waals surface area contributed by atoms with Gasteiger partial charge in [0.15, 0.2) is 0 Å². The first-order valence-electron chi connectivity index (χ1n) is 6.66. The Morgan fingerprint density at radius 3 is 2.86 bits per heavy atom. The number of benzene rings is 1. The topological polar surface area (TPSA) is 56.1 Å². The van der Waals surface area contributed by atoms with Crippen molar-refractivity contribution in [3.63, 3.8) is 0 Å². The minimum absolute atomic E-state index is 0.315. The molecule has 2 aromatic rings. The lowest BCUT2D eigenvalue weighted by Crippen LogP contribution is -2.08. The Balaban J connectivity index is 2.14. The highest BCUT2D eigenvalue weighted by Gasteiger charge is 2.12. The van der Waals surface area contributed by atoms with Crippen LogP contribution in [0.25, 0.3) is 0 Å². The predicted molar refractivity (Wildman–Crippen MR) is 82.7 cm³/mol. The number of methoxy groups -OCH3 is 1. The number of carbonyl (C=O) groups excluding carboxylic acids is 1. The molecule has 0 aliphatic heterocycles. The molecule has 1 aromatic heterocycles. The highest BCUT2D eigenvalue weighted by Crippen LogP contribution is 2.22. The van der Waals surface area contributed by atoms with Crippen molar-refractivity contribution < 1.29 is 9.53 Å². The van der Waals surface area contributed by atoms with Crippen LogP contribution in [0.1, 0.15) is 35.8 Å². The van der Waals surface area contributed by atoms with Gasteiger partial charge in [-0.3, -0.25) is 4.68 Å². The van der Waals surface area contributed by atoms with Crippen molar-refractivity contribution in [3.8, 4) is 0 Å². The fraction of sp³-hybridized carbons (Fsp3) is 0.333. The van der Waals surface area contributed by atoms with Gasteiger partial charge in [-0.2, -0.15) is 5.10 Å². The highest BCUT2D eigenvalue weighted by molar-refractivity contribution is 6.31. The molecule has 0 spiro atoms. The third kappa shape index (κ3) is 3.76. The van der Waals surface area contributed by atoms with E-state index in [0.717, 1.165) is 5.56 Å². The molecule has 0 saturated heterocycles.